The van der Waals surface area contributed by atoms with E-state index in [0.29, 0.717) is 6.54 Å². The smallest absolute Gasteiger partial charge is 0.209 e. The number of rotatable bonds is 8. The molecule has 2 N–H and O–H groups in total. The molecule has 4 nitrogen and oxygen atoms in total. The minimum absolute atomic E-state index is 0.0534. The van der Waals surface area contributed by atoms with E-state index in [0.717, 1.165) is 18.8 Å². The highest BCUT2D eigenvalue weighted by Gasteiger charge is 2.44. The predicted molar refractivity (Wildman–Crippen MR) is 148 cm³/mol. The minimum atomic E-state index is -0.0981. The Hall–Kier alpha value is -3.11. The van der Waals surface area contributed by atoms with Crippen LogP contribution in [0.2, 0.25) is 0 Å². The van der Waals surface area contributed by atoms with Crippen molar-refractivity contribution in [1.29, 1.82) is 0 Å². The van der Waals surface area contributed by atoms with Crippen LogP contribution in [-0.2, 0) is 10.8 Å². The molecule has 2 aromatic rings. The number of likely N-dealkylation sites (N-methyl/N-ethyl adjacent to an activating group) is 1. The third kappa shape index (κ3) is 4.36. The first-order valence-electron chi connectivity index (χ1n) is 12.8. The van der Waals surface area contributed by atoms with Crippen LogP contribution in [0.1, 0.15) is 52.7 Å². The normalized spacial score (nSPS) is 19.6. The van der Waals surface area contributed by atoms with E-state index in [-0.39, 0.29) is 17.4 Å². The SMILES string of the molecule is CCN1/C(=C/C=C/C(=C/C2=[N+](CC)c3ccccc3C2(C)C)NCCO)C(C)(C)c2ccccc21. The number of nitrogens with zero attached hydrogens (tertiary/aromatic N) is 2. The van der Waals surface area contributed by atoms with Crippen LogP contribution >= 0.6 is 0 Å². The Morgan fingerprint density at radius 2 is 1.66 bits per heavy atom. The van der Waals surface area contributed by atoms with Crippen molar-refractivity contribution in [3.8, 4) is 0 Å². The van der Waals surface area contributed by atoms with E-state index in [9.17, 15) is 5.11 Å². The van der Waals surface area contributed by atoms with Gasteiger partial charge in [-0.25, -0.2) is 0 Å². The number of aliphatic hydroxyl groups is 1. The number of hydrogen-bond acceptors (Lipinski definition) is 3. The molecule has 0 atom stereocenters. The van der Waals surface area contributed by atoms with E-state index >= 15 is 0 Å². The molecule has 0 radical (unpaired) electrons. The largest absolute Gasteiger partial charge is 0.395 e. The van der Waals surface area contributed by atoms with Gasteiger partial charge in [-0.15, -0.1) is 0 Å². The van der Waals surface area contributed by atoms with E-state index in [1.165, 1.54) is 33.9 Å². The molecular weight excluding hydrogens is 430 g/mol. The fourth-order valence-electron chi connectivity index (χ4n) is 5.67. The molecule has 2 heterocycles. The first kappa shape index (κ1) is 25.0. The monoisotopic (exact) mass is 470 g/mol. The van der Waals surface area contributed by atoms with Gasteiger partial charge >= 0.3 is 0 Å². The zero-order chi connectivity index (χ0) is 25.2. The summed E-state index contributed by atoms with van der Waals surface area (Å²) in [6, 6.07) is 17.4. The van der Waals surface area contributed by atoms with Crippen LogP contribution < -0.4 is 10.2 Å². The van der Waals surface area contributed by atoms with Crippen molar-refractivity contribution in [1.82, 2.24) is 5.32 Å². The second kappa shape index (κ2) is 9.87. The van der Waals surface area contributed by atoms with Crippen molar-refractivity contribution >= 4 is 17.1 Å². The predicted octanol–water partition coefficient (Wildman–Crippen LogP) is 5.81. The fourth-order valence-corrected chi connectivity index (χ4v) is 5.67. The molecule has 0 fully saturated rings. The highest BCUT2D eigenvalue weighted by molar-refractivity contribution is 6.03. The lowest BCUT2D eigenvalue weighted by molar-refractivity contribution is -0.433. The van der Waals surface area contributed by atoms with E-state index in [4.69, 9.17) is 0 Å². The fraction of sp³-hybridized carbons (Fsp3) is 0.387. The lowest BCUT2D eigenvalue weighted by Gasteiger charge is -2.25. The van der Waals surface area contributed by atoms with Crippen LogP contribution in [0, 0.1) is 0 Å². The van der Waals surface area contributed by atoms with Gasteiger partial charge in [0, 0.05) is 53.3 Å². The molecular formula is C31H40N3O+. The van der Waals surface area contributed by atoms with E-state index in [2.05, 4.69) is 129 Å². The van der Waals surface area contributed by atoms with Gasteiger partial charge in [0.15, 0.2) is 5.71 Å². The second-order valence-electron chi connectivity index (χ2n) is 10.3. The summed E-state index contributed by atoms with van der Waals surface area (Å²) in [5, 5.41) is 12.9. The van der Waals surface area contributed by atoms with Gasteiger partial charge in [-0.2, -0.15) is 4.58 Å². The number of allylic oxidation sites excluding steroid dienone is 5. The van der Waals surface area contributed by atoms with Crippen LogP contribution in [0.3, 0.4) is 0 Å². The molecule has 0 saturated carbocycles. The average Bonchev–Trinajstić information content (AvgIpc) is 3.21. The molecule has 2 aliphatic heterocycles. The third-order valence-electron chi connectivity index (χ3n) is 7.49. The van der Waals surface area contributed by atoms with Crippen LogP contribution in [0.5, 0.6) is 0 Å². The van der Waals surface area contributed by atoms with Gasteiger partial charge in [0.1, 0.15) is 6.54 Å². The standard InChI is InChI=1S/C31H39N3O/c1-7-33-26-17-11-9-15-24(26)30(3,4)28(33)19-13-14-23(32-20-21-35)22-29-31(5,6)25-16-10-12-18-27(25)34(29)8-2/h9-19,22,35H,7-8,20-21H2,1-6H3/p+1/b14-13+,28-19+. The number of anilines is 1. The number of hydrogen-bond donors (Lipinski definition) is 2. The molecule has 2 aliphatic rings. The first-order chi connectivity index (χ1) is 16.8. The van der Waals surface area contributed by atoms with Crippen molar-refractivity contribution in [2.75, 3.05) is 31.1 Å². The summed E-state index contributed by atoms with van der Waals surface area (Å²) in [6.07, 6.45) is 8.78. The van der Waals surface area contributed by atoms with Crippen LogP contribution in [0.25, 0.3) is 0 Å². The summed E-state index contributed by atoms with van der Waals surface area (Å²) >= 11 is 0. The summed E-state index contributed by atoms with van der Waals surface area (Å²) in [5.41, 5.74) is 8.72. The maximum atomic E-state index is 9.50. The Kier molecular flexibility index (Phi) is 7.05. The van der Waals surface area contributed by atoms with E-state index in [1.807, 2.05) is 0 Å². The zero-order valence-electron chi connectivity index (χ0n) is 22.1. The number of para-hydroxylation sites is 2. The molecule has 4 rings (SSSR count). The Labute approximate surface area is 211 Å². The quantitative estimate of drug-likeness (QED) is 0.378. The topological polar surface area (TPSA) is 38.5 Å². The zero-order valence-corrected chi connectivity index (χ0v) is 22.1. The molecule has 184 valence electrons. The number of nitrogens with one attached hydrogen (secondary N) is 1. The number of fused-ring (bicyclic) bond motifs is 2. The average molecular weight is 471 g/mol. The second-order valence-corrected chi connectivity index (χ2v) is 10.3. The van der Waals surface area contributed by atoms with Crippen LogP contribution in [0.15, 0.2) is 84.2 Å². The Morgan fingerprint density at radius 3 is 2.34 bits per heavy atom. The molecule has 0 saturated heterocycles. The number of benzene rings is 2. The van der Waals surface area contributed by atoms with Gasteiger partial charge in [-0.3, -0.25) is 0 Å². The summed E-state index contributed by atoms with van der Waals surface area (Å²) in [7, 11) is 0. The highest BCUT2D eigenvalue weighted by atomic mass is 16.3. The lowest BCUT2D eigenvalue weighted by atomic mass is 9.81. The van der Waals surface area contributed by atoms with Crippen molar-refractivity contribution in [3.63, 3.8) is 0 Å². The molecule has 0 bridgehead atoms. The summed E-state index contributed by atoms with van der Waals surface area (Å²) in [4.78, 5) is 2.41. The van der Waals surface area contributed by atoms with Crippen molar-refractivity contribution in [2.45, 2.75) is 52.4 Å². The first-order valence-corrected chi connectivity index (χ1v) is 12.8. The van der Waals surface area contributed by atoms with Gasteiger partial charge in [0.2, 0.25) is 5.69 Å². The van der Waals surface area contributed by atoms with E-state index < -0.39 is 0 Å². The molecule has 35 heavy (non-hydrogen) atoms. The van der Waals surface area contributed by atoms with Crippen LogP contribution in [-0.4, -0.2) is 41.6 Å². The summed E-state index contributed by atoms with van der Waals surface area (Å²) < 4.78 is 2.40. The van der Waals surface area contributed by atoms with Gasteiger partial charge in [-0.05, 0) is 51.5 Å². The molecule has 0 spiro atoms. The molecule has 4 heteroatoms. The number of aliphatic hydroxyl groups excluding tert-OH is 1. The maximum Gasteiger partial charge on any atom is 0.209 e. The molecule has 0 aromatic heterocycles. The molecule has 2 aromatic carbocycles. The molecule has 0 aliphatic carbocycles. The van der Waals surface area contributed by atoms with Gasteiger partial charge in [0.25, 0.3) is 0 Å². The highest BCUT2D eigenvalue weighted by Crippen LogP contribution is 2.47. The van der Waals surface area contributed by atoms with Crippen LogP contribution in [0.4, 0.5) is 11.4 Å². The Bertz CT molecular complexity index is 1210. The van der Waals surface area contributed by atoms with Gasteiger partial charge in [-0.1, -0.05) is 56.3 Å². The van der Waals surface area contributed by atoms with Gasteiger partial charge < -0.3 is 15.3 Å². The van der Waals surface area contributed by atoms with Gasteiger partial charge in [0.05, 0.1) is 12.0 Å². The third-order valence-corrected chi connectivity index (χ3v) is 7.49. The molecule has 0 amide bonds. The molecule has 0 unspecified atom stereocenters. The Morgan fingerprint density at radius 1 is 0.971 bits per heavy atom. The minimum Gasteiger partial charge on any atom is -0.395 e. The van der Waals surface area contributed by atoms with E-state index in [1.54, 1.807) is 0 Å². The Balaban J connectivity index is 1.72. The summed E-state index contributed by atoms with van der Waals surface area (Å²) in [6.45, 7) is 16.0. The van der Waals surface area contributed by atoms with Crippen molar-refractivity contribution in [2.24, 2.45) is 0 Å². The maximum absolute atomic E-state index is 9.50. The summed E-state index contributed by atoms with van der Waals surface area (Å²) in [5.74, 6) is 0. The van der Waals surface area contributed by atoms with Crippen molar-refractivity contribution < 1.29 is 9.68 Å². The van der Waals surface area contributed by atoms with Crippen molar-refractivity contribution in [3.05, 3.63) is 95.4 Å². The lowest BCUT2D eigenvalue weighted by Crippen LogP contribution is -2.29.